The van der Waals surface area contributed by atoms with Crippen LogP contribution >= 0.6 is 0 Å². The van der Waals surface area contributed by atoms with Gasteiger partial charge in [-0.2, -0.15) is 4.98 Å². The summed E-state index contributed by atoms with van der Waals surface area (Å²) >= 11 is 0. The van der Waals surface area contributed by atoms with Crippen molar-refractivity contribution in [2.75, 3.05) is 18.6 Å². The SMILES string of the molecule is CN(Cc1ccccc1)c1nc2c(c(=O)[nH]c(=O)n2C)n1CC(O)COc1ccccc1. The van der Waals surface area contributed by atoms with E-state index in [4.69, 9.17) is 4.74 Å². The van der Waals surface area contributed by atoms with Gasteiger partial charge in [0.15, 0.2) is 11.2 Å². The molecule has 32 heavy (non-hydrogen) atoms. The van der Waals surface area contributed by atoms with Crippen molar-refractivity contribution in [2.24, 2.45) is 7.05 Å². The lowest BCUT2D eigenvalue weighted by Crippen LogP contribution is -2.31. The predicted molar refractivity (Wildman–Crippen MR) is 122 cm³/mol. The number of rotatable bonds is 8. The maximum Gasteiger partial charge on any atom is 0.329 e. The first-order chi connectivity index (χ1) is 15.4. The van der Waals surface area contributed by atoms with E-state index in [9.17, 15) is 14.7 Å². The minimum Gasteiger partial charge on any atom is -0.491 e. The van der Waals surface area contributed by atoms with Gasteiger partial charge in [-0.3, -0.25) is 14.3 Å². The fourth-order valence-corrected chi connectivity index (χ4v) is 3.59. The van der Waals surface area contributed by atoms with Gasteiger partial charge in [-0.15, -0.1) is 0 Å². The number of aromatic amines is 1. The Bertz CT molecular complexity index is 1310. The van der Waals surface area contributed by atoms with Crippen LogP contribution in [0.25, 0.3) is 11.2 Å². The number of imidazole rings is 1. The Kier molecular flexibility index (Phi) is 6.09. The van der Waals surface area contributed by atoms with E-state index in [0.717, 1.165) is 5.56 Å². The highest BCUT2D eigenvalue weighted by atomic mass is 16.5. The Morgan fingerprint density at radius 1 is 1.09 bits per heavy atom. The molecule has 0 spiro atoms. The summed E-state index contributed by atoms with van der Waals surface area (Å²) in [4.78, 5) is 33.5. The topological polar surface area (TPSA) is 105 Å². The third kappa shape index (κ3) is 4.42. The zero-order valence-electron chi connectivity index (χ0n) is 17.9. The van der Waals surface area contributed by atoms with Gasteiger partial charge in [-0.1, -0.05) is 48.5 Å². The molecule has 0 bridgehead atoms. The molecule has 0 amide bonds. The van der Waals surface area contributed by atoms with E-state index in [0.29, 0.717) is 18.2 Å². The highest BCUT2D eigenvalue weighted by Gasteiger charge is 2.22. The van der Waals surface area contributed by atoms with Crippen LogP contribution in [0.1, 0.15) is 5.56 Å². The first kappa shape index (κ1) is 21.4. The molecule has 0 radical (unpaired) electrons. The molecule has 0 aliphatic carbocycles. The van der Waals surface area contributed by atoms with Crippen molar-refractivity contribution in [3.05, 3.63) is 87.1 Å². The molecule has 0 aliphatic rings. The molecule has 9 heteroatoms. The first-order valence-electron chi connectivity index (χ1n) is 10.2. The second-order valence-electron chi connectivity index (χ2n) is 7.63. The van der Waals surface area contributed by atoms with Gasteiger partial charge in [0.2, 0.25) is 5.95 Å². The molecule has 4 rings (SSSR count). The molecule has 2 aromatic heterocycles. The highest BCUT2D eigenvalue weighted by molar-refractivity contribution is 5.74. The molecule has 0 aliphatic heterocycles. The van der Waals surface area contributed by atoms with Gasteiger partial charge in [-0.05, 0) is 17.7 Å². The van der Waals surface area contributed by atoms with Crippen molar-refractivity contribution < 1.29 is 9.84 Å². The van der Waals surface area contributed by atoms with Gasteiger partial charge < -0.3 is 19.3 Å². The summed E-state index contributed by atoms with van der Waals surface area (Å²) in [5.74, 6) is 1.11. The summed E-state index contributed by atoms with van der Waals surface area (Å²) in [6, 6.07) is 19.0. The Hall–Kier alpha value is -3.85. The van der Waals surface area contributed by atoms with E-state index in [-0.39, 0.29) is 24.3 Å². The lowest BCUT2D eigenvalue weighted by atomic mass is 10.2. The Morgan fingerprint density at radius 2 is 1.75 bits per heavy atom. The van der Waals surface area contributed by atoms with Crippen molar-refractivity contribution in [3.63, 3.8) is 0 Å². The van der Waals surface area contributed by atoms with E-state index in [1.165, 1.54) is 4.57 Å². The summed E-state index contributed by atoms with van der Waals surface area (Å²) in [7, 11) is 3.40. The maximum absolute atomic E-state index is 12.7. The van der Waals surface area contributed by atoms with Gasteiger partial charge in [0.25, 0.3) is 5.56 Å². The van der Waals surface area contributed by atoms with Crippen LogP contribution in [0.5, 0.6) is 5.75 Å². The van der Waals surface area contributed by atoms with Crippen LogP contribution in [-0.4, -0.2) is 44.0 Å². The van der Waals surface area contributed by atoms with Crippen LogP contribution in [0.2, 0.25) is 0 Å². The number of ether oxygens (including phenoxy) is 1. The second kappa shape index (κ2) is 9.11. The number of anilines is 1. The quantitative estimate of drug-likeness (QED) is 0.435. The summed E-state index contributed by atoms with van der Waals surface area (Å²) < 4.78 is 8.59. The number of aromatic nitrogens is 4. The zero-order valence-corrected chi connectivity index (χ0v) is 17.9. The molecule has 0 fully saturated rings. The minimum atomic E-state index is -0.909. The molecule has 1 atom stereocenters. The number of fused-ring (bicyclic) bond motifs is 1. The summed E-state index contributed by atoms with van der Waals surface area (Å²) in [5, 5.41) is 10.7. The van der Waals surface area contributed by atoms with E-state index >= 15 is 0 Å². The maximum atomic E-state index is 12.7. The van der Waals surface area contributed by atoms with Gasteiger partial charge in [0.1, 0.15) is 18.5 Å². The molecule has 0 saturated carbocycles. The molecular formula is C23H25N5O4. The third-order valence-corrected chi connectivity index (χ3v) is 5.17. The Balaban J connectivity index is 1.68. The molecule has 0 saturated heterocycles. The summed E-state index contributed by atoms with van der Waals surface area (Å²) in [5.41, 5.74) is 0.443. The number of aryl methyl sites for hydroxylation is 1. The van der Waals surface area contributed by atoms with Gasteiger partial charge >= 0.3 is 5.69 Å². The average molecular weight is 435 g/mol. The molecule has 4 aromatic rings. The van der Waals surface area contributed by atoms with Crippen LogP contribution in [0, 0.1) is 0 Å². The van der Waals surface area contributed by atoms with E-state index in [1.54, 1.807) is 23.7 Å². The molecule has 1 unspecified atom stereocenters. The minimum absolute atomic E-state index is 0.0369. The fourth-order valence-electron chi connectivity index (χ4n) is 3.59. The number of nitrogens with one attached hydrogen (secondary N) is 1. The van der Waals surface area contributed by atoms with Crippen LogP contribution in [0.15, 0.2) is 70.3 Å². The van der Waals surface area contributed by atoms with E-state index in [2.05, 4.69) is 9.97 Å². The monoisotopic (exact) mass is 435 g/mol. The molecule has 2 heterocycles. The predicted octanol–water partition coefficient (Wildman–Crippen LogP) is 1.50. The number of benzene rings is 2. The number of hydrogen-bond donors (Lipinski definition) is 2. The summed E-state index contributed by atoms with van der Waals surface area (Å²) in [6.07, 6.45) is -0.909. The first-order valence-corrected chi connectivity index (χ1v) is 10.2. The van der Waals surface area contributed by atoms with Gasteiger partial charge in [0.05, 0.1) is 6.54 Å². The highest BCUT2D eigenvalue weighted by Crippen LogP contribution is 2.21. The number of para-hydroxylation sites is 1. The van der Waals surface area contributed by atoms with E-state index < -0.39 is 17.4 Å². The number of aliphatic hydroxyl groups is 1. The van der Waals surface area contributed by atoms with Crippen molar-refractivity contribution in [1.82, 2.24) is 19.1 Å². The molecular weight excluding hydrogens is 410 g/mol. The van der Waals surface area contributed by atoms with Crippen LogP contribution in [0.3, 0.4) is 0 Å². The largest absolute Gasteiger partial charge is 0.491 e. The van der Waals surface area contributed by atoms with Gasteiger partial charge in [-0.25, -0.2) is 4.79 Å². The van der Waals surface area contributed by atoms with Crippen LogP contribution < -0.4 is 20.9 Å². The van der Waals surface area contributed by atoms with E-state index in [1.807, 2.05) is 60.5 Å². The standard InChI is InChI=1S/C23H25N5O4/c1-26(13-16-9-5-3-6-10-16)22-24-20-19(21(30)25-23(31)27(20)2)28(22)14-17(29)15-32-18-11-7-4-8-12-18/h3-12,17,29H,13-15H2,1-2H3,(H,25,30,31). The van der Waals surface area contributed by atoms with Gasteiger partial charge in [0, 0.05) is 20.6 Å². The van der Waals surface area contributed by atoms with Crippen molar-refractivity contribution in [3.8, 4) is 5.75 Å². The zero-order chi connectivity index (χ0) is 22.7. The molecule has 2 aromatic carbocycles. The Morgan fingerprint density at radius 3 is 2.44 bits per heavy atom. The normalized spacial score (nSPS) is 12.1. The number of nitrogens with zero attached hydrogens (tertiary/aromatic N) is 4. The van der Waals surface area contributed by atoms with Crippen molar-refractivity contribution in [1.29, 1.82) is 0 Å². The van der Waals surface area contributed by atoms with Crippen LogP contribution in [-0.2, 0) is 20.1 Å². The smallest absolute Gasteiger partial charge is 0.329 e. The molecule has 166 valence electrons. The number of hydrogen-bond acceptors (Lipinski definition) is 6. The fraction of sp³-hybridized carbons (Fsp3) is 0.261. The number of H-pyrrole nitrogens is 1. The lowest BCUT2D eigenvalue weighted by molar-refractivity contribution is 0.0936. The van der Waals surface area contributed by atoms with Crippen LogP contribution in [0.4, 0.5) is 5.95 Å². The second-order valence-corrected chi connectivity index (χ2v) is 7.63. The Labute approximate surface area is 184 Å². The molecule has 9 nitrogen and oxygen atoms in total. The number of aliphatic hydroxyl groups excluding tert-OH is 1. The van der Waals surface area contributed by atoms with Crippen molar-refractivity contribution in [2.45, 2.75) is 19.2 Å². The summed E-state index contributed by atoms with van der Waals surface area (Å²) in [6.45, 7) is 0.640. The lowest BCUT2D eigenvalue weighted by Gasteiger charge is -2.21. The van der Waals surface area contributed by atoms with Crippen molar-refractivity contribution >= 4 is 17.1 Å². The molecule has 2 N–H and O–H groups in total. The third-order valence-electron chi connectivity index (χ3n) is 5.17. The average Bonchev–Trinajstić information content (AvgIpc) is 3.17.